The van der Waals surface area contributed by atoms with Crippen LogP contribution in [0, 0.1) is 5.41 Å². The second-order valence-electron chi connectivity index (χ2n) is 5.27. The molecule has 0 amide bonds. The molecular formula is C14H23NO. The van der Waals surface area contributed by atoms with Gasteiger partial charge in [-0.2, -0.15) is 0 Å². The molecule has 1 N–H and O–H groups in total. The van der Waals surface area contributed by atoms with Crippen LogP contribution in [0.25, 0.3) is 0 Å². The average molecular weight is 221 g/mol. The molecule has 1 heterocycles. The van der Waals surface area contributed by atoms with Gasteiger partial charge in [0.2, 0.25) is 0 Å². The molecule has 0 spiro atoms. The number of hydrogen-bond acceptors (Lipinski definition) is 2. The maximum atomic E-state index is 5.36. The Morgan fingerprint density at radius 3 is 2.81 bits per heavy atom. The number of hydrogen-bond donors (Lipinski definition) is 1. The van der Waals surface area contributed by atoms with Crippen molar-refractivity contribution in [1.29, 1.82) is 0 Å². The zero-order valence-corrected chi connectivity index (χ0v) is 10.5. The second kappa shape index (κ2) is 5.05. The van der Waals surface area contributed by atoms with Gasteiger partial charge in [-0.1, -0.05) is 13.3 Å². The Labute approximate surface area is 98.4 Å². The van der Waals surface area contributed by atoms with Crippen molar-refractivity contribution in [3.8, 4) is 0 Å². The van der Waals surface area contributed by atoms with Crippen LogP contribution in [-0.2, 0) is 6.42 Å². The lowest BCUT2D eigenvalue weighted by molar-refractivity contribution is 0.119. The average Bonchev–Trinajstić information content (AvgIpc) is 2.69. The van der Waals surface area contributed by atoms with Crippen molar-refractivity contribution in [3.05, 3.63) is 24.2 Å². The van der Waals surface area contributed by atoms with Crippen LogP contribution < -0.4 is 5.32 Å². The highest BCUT2D eigenvalue weighted by Gasteiger charge is 2.34. The molecule has 1 atom stereocenters. The first kappa shape index (κ1) is 11.7. The predicted molar refractivity (Wildman–Crippen MR) is 66.5 cm³/mol. The van der Waals surface area contributed by atoms with Crippen LogP contribution >= 0.6 is 0 Å². The van der Waals surface area contributed by atoms with Crippen LogP contribution in [0.5, 0.6) is 0 Å². The van der Waals surface area contributed by atoms with E-state index in [9.17, 15) is 0 Å². The van der Waals surface area contributed by atoms with Gasteiger partial charge in [0.05, 0.1) is 6.26 Å². The third-order valence-corrected chi connectivity index (χ3v) is 4.08. The summed E-state index contributed by atoms with van der Waals surface area (Å²) in [6, 6.07) is 4.52. The van der Waals surface area contributed by atoms with Gasteiger partial charge >= 0.3 is 0 Å². The Morgan fingerprint density at radius 2 is 2.31 bits per heavy atom. The van der Waals surface area contributed by atoms with Crippen molar-refractivity contribution < 1.29 is 4.42 Å². The van der Waals surface area contributed by atoms with E-state index in [1.165, 1.54) is 32.2 Å². The Kier molecular flexibility index (Phi) is 3.70. The lowest BCUT2D eigenvalue weighted by atomic mass is 9.67. The molecule has 0 aromatic carbocycles. The summed E-state index contributed by atoms with van der Waals surface area (Å²) in [5.41, 5.74) is 0.609. The molecule has 1 aromatic rings. The first-order chi connectivity index (χ1) is 7.74. The zero-order chi connectivity index (χ0) is 11.4. The summed E-state index contributed by atoms with van der Waals surface area (Å²) in [7, 11) is 0. The largest absolute Gasteiger partial charge is 0.469 e. The Morgan fingerprint density at radius 1 is 1.50 bits per heavy atom. The standard InChI is InChI=1S/C14H23NO/c1-3-14(7-5-8-14)11-15-12(2)10-13-6-4-9-16-13/h4,6,9,12,15H,3,5,7-8,10-11H2,1-2H3. The van der Waals surface area contributed by atoms with Gasteiger partial charge in [0.15, 0.2) is 0 Å². The van der Waals surface area contributed by atoms with Gasteiger partial charge in [-0.15, -0.1) is 0 Å². The molecule has 1 aliphatic rings. The van der Waals surface area contributed by atoms with E-state index in [-0.39, 0.29) is 0 Å². The predicted octanol–water partition coefficient (Wildman–Crippen LogP) is 3.38. The molecule has 2 nitrogen and oxygen atoms in total. The molecular weight excluding hydrogens is 198 g/mol. The van der Waals surface area contributed by atoms with E-state index >= 15 is 0 Å². The monoisotopic (exact) mass is 221 g/mol. The Hall–Kier alpha value is -0.760. The smallest absolute Gasteiger partial charge is 0.105 e. The summed E-state index contributed by atoms with van der Waals surface area (Å²) in [6.07, 6.45) is 8.29. The van der Waals surface area contributed by atoms with E-state index in [4.69, 9.17) is 4.42 Å². The third kappa shape index (κ3) is 2.67. The molecule has 1 aromatic heterocycles. The van der Waals surface area contributed by atoms with Gasteiger partial charge in [0, 0.05) is 19.0 Å². The third-order valence-electron chi connectivity index (χ3n) is 4.08. The van der Waals surface area contributed by atoms with E-state index in [1.807, 2.05) is 6.07 Å². The van der Waals surface area contributed by atoms with Crippen molar-refractivity contribution in [2.24, 2.45) is 5.41 Å². The summed E-state index contributed by atoms with van der Waals surface area (Å²) in [5.74, 6) is 1.08. The maximum absolute atomic E-state index is 5.36. The highest BCUT2D eigenvalue weighted by atomic mass is 16.3. The van der Waals surface area contributed by atoms with Gasteiger partial charge in [0.1, 0.15) is 5.76 Å². The quantitative estimate of drug-likeness (QED) is 0.796. The molecule has 2 rings (SSSR count). The highest BCUT2D eigenvalue weighted by molar-refractivity contribution is 5.00. The molecule has 0 aliphatic heterocycles. The van der Waals surface area contributed by atoms with Gasteiger partial charge in [-0.05, 0) is 43.7 Å². The van der Waals surface area contributed by atoms with Crippen molar-refractivity contribution in [2.45, 2.75) is 52.0 Å². The van der Waals surface area contributed by atoms with E-state index in [0.29, 0.717) is 11.5 Å². The van der Waals surface area contributed by atoms with Crippen LogP contribution in [0.1, 0.15) is 45.3 Å². The van der Waals surface area contributed by atoms with Gasteiger partial charge in [-0.3, -0.25) is 0 Å². The number of rotatable bonds is 6. The van der Waals surface area contributed by atoms with Gasteiger partial charge in [0.25, 0.3) is 0 Å². The van der Waals surface area contributed by atoms with Gasteiger partial charge < -0.3 is 9.73 Å². The molecule has 1 aliphatic carbocycles. The summed E-state index contributed by atoms with van der Waals surface area (Å²) in [5, 5.41) is 3.65. The minimum absolute atomic E-state index is 0.509. The lowest BCUT2D eigenvalue weighted by Gasteiger charge is -2.42. The van der Waals surface area contributed by atoms with E-state index in [1.54, 1.807) is 6.26 Å². The van der Waals surface area contributed by atoms with Gasteiger partial charge in [-0.25, -0.2) is 0 Å². The van der Waals surface area contributed by atoms with Crippen molar-refractivity contribution in [3.63, 3.8) is 0 Å². The van der Waals surface area contributed by atoms with E-state index < -0.39 is 0 Å². The van der Waals surface area contributed by atoms with Crippen LogP contribution in [-0.4, -0.2) is 12.6 Å². The van der Waals surface area contributed by atoms with Crippen LogP contribution in [0.4, 0.5) is 0 Å². The number of nitrogens with one attached hydrogen (secondary N) is 1. The first-order valence-corrected chi connectivity index (χ1v) is 6.50. The fourth-order valence-corrected chi connectivity index (χ4v) is 2.53. The molecule has 1 fully saturated rings. The molecule has 1 saturated carbocycles. The van der Waals surface area contributed by atoms with Crippen molar-refractivity contribution >= 4 is 0 Å². The van der Waals surface area contributed by atoms with E-state index in [0.717, 1.165) is 12.2 Å². The van der Waals surface area contributed by atoms with Crippen LogP contribution in [0.2, 0.25) is 0 Å². The first-order valence-electron chi connectivity index (χ1n) is 6.50. The second-order valence-corrected chi connectivity index (χ2v) is 5.27. The fraction of sp³-hybridized carbons (Fsp3) is 0.714. The normalized spacial score (nSPS) is 20.4. The molecule has 2 heteroatoms. The van der Waals surface area contributed by atoms with Crippen molar-refractivity contribution in [1.82, 2.24) is 5.32 Å². The minimum atomic E-state index is 0.509. The van der Waals surface area contributed by atoms with Crippen LogP contribution in [0.3, 0.4) is 0 Å². The summed E-state index contributed by atoms with van der Waals surface area (Å²) < 4.78 is 5.36. The molecule has 16 heavy (non-hydrogen) atoms. The van der Waals surface area contributed by atoms with Crippen LogP contribution in [0.15, 0.2) is 22.8 Å². The zero-order valence-electron chi connectivity index (χ0n) is 10.5. The molecule has 0 saturated heterocycles. The van der Waals surface area contributed by atoms with Crippen molar-refractivity contribution in [2.75, 3.05) is 6.54 Å². The summed E-state index contributed by atoms with van der Waals surface area (Å²) >= 11 is 0. The molecule has 90 valence electrons. The SMILES string of the molecule is CCC1(CNC(C)Cc2ccco2)CCC1. The highest BCUT2D eigenvalue weighted by Crippen LogP contribution is 2.43. The summed E-state index contributed by atoms with van der Waals surface area (Å²) in [6.45, 7) is 5.73. The Balaban J connectivity index is 1.73. The summed E-state index contributed by atoms with van der Waals surface area (Å²) in [4.78, 5) is 0. The Bertz CT molecular complexity index is 295. The molecule has 1 unspecified atom stereocenters. The number of furan rings is 1. The lowest BCUT2D eigenvalue weighted by Crippen LogP contribution is -2.43. The molecule has 0 radical (unpaired) electrons. The molecule has 0 bridgehead atoms. The van der Waals surface area contributed by atoms with E-state index in [2.05, 4.69) is 25.2 Å². The maximum Gasteiger partial charge on any atom is 0.105 e. The fourth-order valence-electron chi connectivity index (χ4n) is 2.53. The minimum Gasteiger partial charge on any atom is -0.469 e. The topological polar surface area (TPSA) is 25.2 Å².